The molecule has 3 amide bonds. The number of nitrogens with zero attached hydrogens (tertiary/aromatic N) is 2. The molecular formula is C26H34N4O7S. The van der Waals surface area contributed by atoms with Crippen LogP contribution in [0.15, 0.2) is 29.8 Å². The fourth-order valence-electron chi connectivity index (χ4n) is 4.21. The first kappa shape index (κ1) is 29.2. The molecule has 1 aromatic heterocycles. The Morgan fingerprint density at radius 3 is 2.45 bits per heavy atom. The van der Waals surface area contributed by atoms with Gasteiger partial charge in [0.2, 0.25) is 17.7 Å². The van der Waals surface area contributed by atoms with Crippen LogP contribution in [0.25, 0.3) is 10.4 Å². The van der Waals surface area contributed by atoms with E-state index in [1.807, 2.05) is 31.2 Å². The summed E-state index contributed by atoms with van der Waals surface area (Å²) in [5.41, 5.74) is 3.94. The fourth-order valence-corrected chi connectivity index (χ4v) is 5.03. The van der Waals surface area contributed by atoms with Gasteiger partial charge in [-0.3, -0.25) is 14.4 Å². The van der Waals surface area contributed by atoms with Crippen molar-refractivity contribution >= 4 is 35.0 Å². The van der Waals surface area contributed by atoms with Gasteiger partial charge in [-0.2, -0.15) is 0 Å². The third kappa shape index (κ3) is 7.59. The smallest absolute Gasteiger partial charge is 0.329 e. The molecule has 0 radical (unpaired) electrons. The number of benzene rings is 1. The van der Waals surface area contributed by atoms with Crippen molar-refractivity contribution in [3.8, 4) is 10.4 Å². The maximum Gasteiger partial charge on any atom is 0.329 e. The van der Waals surface area contributed by atoms with E-state index in [0.717, 1.165) is 21.7 Å². The predicted molar refractivity (Wildman–Crippen MR) is 140 cm³/mol. The molecule has 38 heavy (non-hydrogen) atoms. The molecular weight excluding hydrogens is 512 g/mol. The van der Waals surface area contributed by atoms with Gasteiger partial charge in [-0.25, -0.2) is 9.78 Å². The van der Waals surface area contributed by atoms with E-state index in [0.29, 0.717) is 0 Å². The van der Waals surface area contributed by atoms with Crippen LogP contribution in [0.5, 0.6) is 0 Å². The van der Waals surface area contributed by atoms with Gasteiger partial charge in [-0.05, 0) is 23.5 Å². The average molecular weight is 547 g/mol. The Morgan fingerprint density at radius 1 is 1.18 bits per heavy atom. The molecule has 1 aromatic carbocycles. The van der Waals surface area contributed by atoms with E-state index >= 15 is 0 Å². The fraction of sp³-hybridized carbons (Fsp3) is 0.500. The zero-order valence-corrected chi connectivity index (χ0v) is 22.7. The third-order valence-corrected chi connectivity index (χ3v) is 7.15. The van der Waals surface area contributed by atoms with Crippen molar-refractivity contribution in [2.45, 2.75) is 58.8 Å². The summed E-state index contributed by atoms with van der Waals surface area (Å²) in [5.74, 6) is -2.78. The van der Waals surface area contributed by atoms with Gasteiger partial charge < -0.3 is 30.5 Å². The minimum atomic E-state index is -1.22. The number of hydrogen-bond acceptors (Lipinski definition) is 8. The number of carboxylic acid groups (broad SMARTS) is 1. The summed E-state index contributed by atoms with van der Waals surface area (Å²) in [6.07, 6.45) is -0.805. The molecule has 2 heterocycles. The molecule has 3 atom stereocenters. The molecule has 0 saturated carbocycles. The first-order valence-electron chi connectivity index (χ1n) is 12.2. The number of aliphatic hydroxyl groups is 1. The van der Waals surface area contributed by atoms with E-state index < -0.39 is 60.5 Å². The van der Waals surface area contributed by atoms with Gasteiger partial charge in [0.25, 0.3) is 0 Å². The van der Waals surface area contributed by atoms with E-state index in [1.165, 1.54) is 4.90 Å². The number of aromatic nitrogens is 1. The van der Waals surface area contributed by atoms with Gasteiger partial charge in [0.05, 0.1) is 22.2 Å². The molecule has 11 nitrogen and oxygen atoms in total. The molecule has 1 saturated heterocycles. The topological polar surface area (TPSA) is 158 Å². The SMILES string of the molecule is Cc1ncsc1-c1ccc(CNC(=O)C2C[C@@H](O)CN2C(=O)[C@@H](NC(=O)COCC(=O)O)C(C)(C)C)cc1. The number of ether oxygens (including phenoxy) is 1. The summed E-state index contributed by atoms with van der Waals surface area (Å²) in [5, 5.41) is 24.4. The lowest BCUT2D eigenvalue weighted by Gasteiger charge is -2.35. The number of aliphatic hydroxyl groups excluding tert-OH is 1. The Balaban J connectivity index is 1.64. The monoisotopic (exact) mass is 546 g/mol. The highest BCUT2D eigenvalue weighted by molar-refractivity contribution is 7.13. The number of carbonyl (C=O) groups excluding carboxylic acids is 3. The second-order valence-corrected chi connectivity index (χ2v) is 11.2. The number of β-amino-alcohol motifs (C(OH)–C–C–N with tert-alkyl or cyclic N) is 1. The van der Waals surface area contributed by atoms with E-state index in [4.69, 9.17) is 9.84 Å². The van der Waals surface area contributed by atoms with Gasteiger partial charge >= 0.3 is 5.97 Å². The number of aliphatic carboxylic acids is 1. The number of hydrogen-bond donors (Lipinski definition) is 4. The van der Waals surface area contributed by atoms with Gasteiger partial charge in [-0.1, -0.05) is 45.0 Å². The molecule has 0 spiro atoms. The van der Waals surface area contributed by atoms with Gasteiger partial charge in [0.1, 0.15) is 25.3 Å². The standard InChI is InChI=1S/C26H34N4O7S/c1-15-22(38-14-28-15)17-7-5-16(6-8-17)10-27-24(35)19-9-18(31)11-30(19)25(36)23(26(2,3)4)29-20(32)12-37-13-21(33)34/h5-8,14,18-19,23,31H,9-13H2,1-4H3,(H,27,35)(H,29,32)(H,33,34)/t18-,19?,23-/m1/s1. The molecule has 206 valence electrons. The van der Waals surface area contributed by atoms with Crippen LogP contribution in [0.2, 0.25) is 0 Å². The Morgan fingerprint density at radius 2 is 1.87 bits per heavy atom. The number of rotatable bonds is 10. The molecule has 12 heteroatoms. The lowest BCUT2D eigenvalue weighted by molar-refractivity contribution is -0.146. The summed E-state index contributed by atoms with van der Waals surface area (Å²) < 4.78 is 4.82. The number of nitrogens with one attached hydrogen (secondary N) is 2. The normalized spacial score (nSPS) is 18.2. The van der Waals surface area contributed by atoms with Crippen LogP contribution in [0.1, 0.15) is 38.4 Å². The molecule has 2 aromatic rings. The summed E-state index contributed by atoms with van der Waals surface area (Å²) in [7, 11) is 0. The number of carboxylic acids is 1. The lowest BCUT2D eigenvalue weighted by Crippen LogP contribution is -2.58. The maximum absolute atomic E-state index is 13.5. The highest BCUT2D eigenvalue weighted by atomic mass is 32.1. The predicted octanol–water partition coefficient (Wildman–Crippen LogP) is 1.33. The van der Waals surface area contributed by atoms with Crippen LogP contribution in [0, 0.1) is 12.3 Å². The highest BCUT2D eigenvalue weighted by Gasteiger charge is 2.44. The Labute approximate surface area is 225 Å². The van der Waals surface area contributed by atoms with Crippen molar-refractivity contribution in [2.75, 3.05) is 19.8 Å². The van der Waals surface area contributed by atoms with E-state index in [9.17, 15) is 24.3 Å². The van der Waals surface area contributed by atoms with Crippen LogP contribution in [0.3, 0.4) is 0 Å². The summed E-state index contributed by atoms with van der Waals surface area (Å²) in [6, 6.07) is 5.84. The Kier molecular flexibility index (Phi) is 9.58. The van der Waals surface area contributed by atoms with Gasteiger partial charge in [-0.15, -0.1) is 11.3 Å². The number of carbonyl (C=O) groups is 4. The largest absolute Gasteiger partial charge is 0.480 e. The second-order valence-electron chi connectivity index (χ2n) is 10.3. The van der Waals surface area contributed by atoms with Crippen LogP contribution in [-0.2, 0) is 30.5 Å². The minimum Gasteiger partial charge on any atom is -0.480 e. The Bertz CT molecular complexity index is 1160. The van der Waals surface area contributed by atoms with Crippen LogP contribution in [-0.4, -0.2) is 81.7 Å². The summed E-state index contributed by atoms with van der Waals surface area (Å²) in [4.78, 5) is 56.2. The highest BCUT2D eigenvalue weighted by Crippen LogP contribution is 2.28. The molecule has 0 bridgehead atoms. The second kappa shape index (κ2) is 12.5. The van der Waals surface area contributed by atoms with Gasteiger partial charge in [0.15, 0.2) is 0 Å². The molecule has 1 fully saturated rings. The molecule has 4 N–H and O–H groups in total. The number of aryl methyl sites for hydroxylation is 1. The molecule has 1 unspecified atom stereocenters. The van der Waals surface area contributed by atoms with Crippen molar-refractivity contribution < 1.29 is 34.1 Å². The van der Waals surface area contributed by atoms with E-state index in [1.54, 1.807) is 37.6 Å². The molecule has 3 rings (SSSR count). The number of thiazole rings is 1. The number of likely N-dealkylation sites (tertiary alicyclic amines) is 1. The van der Waals surface area contributed by atoms with Crippen molar-refractivity contribution in [3.63, 3.8) is 0 Å². The Hall–Kier alpha value is -3.35. The maximum atomic E-state index is 13.5. The quantitative estimate of drug-likeness (QED) is 0.347. The summed E-state index contributed by atoms with van der Waals surface area (Å²) in [6.45, 7) is 6.25. The molecule has 1 aliphatic heterocycles. The average Bonchev–Trinajstić information content (AvgIpc) is 3.45. The van der Waals surface area contributed by atoms with Crippen molar-refractivity contribution in [1.82, 2.24) is 20.5 Å². The van der Waals surface area contributed by atoms with Crippen molar-refractivity contribution in [3.05, 3.63) is 41.0 Å². The first-order chi connectivity index (χ1) is 17.9. The van der Waals surface area contributed by atoms with Crippen LogP contribution in [0.4, 0.5) is 0 Å². The van der Waals surface area contributed by atoms with E-state index in [-0.39, 0.29) is 19.5 Å². The lowest BCUT2D eigenvalue weighted by atomic mass is 9.85. The number of amides is 3. The molecule has 1 aliphatic rings. The van der Waals surface area contributed by atoms with Crippen LogP contribution < -0.4 is 10.6 Å². The zero-order valence-electron chi connectivity index (χ0n) is 21.9. The third-order valence-electron chi connectivity index (χ3n) is 6.17. The summed E-state index contributed by atoms with van der Waals surface area (Å²) >= 11 is 1.56. The van der Waals surface area contributed by atoms with Crippen LogP contribution >= 0.6 is 11.3 Å². The van der Waals surface area contributed by atoms with Crippen molar-refractivity contribution in [2.24, 2.45) is 5.41 Å². The molecule has 0 aliphatic carbocycles. The minimum absolute atomic E-state index is 0.0439. The van der Waals surface area contributed by atoms with Crippen molar-refractivity contribution in [1.29, 1.82) is 0 Å². The first-order valence-corrected chi connectivity index (χ1v) is 13.1. The van der Waals surface area contributed by atoms with E-state index in [2.05, 4.69) is 15.6 Å². The zero-order chi connectivity index (χ0) is 28.0. The van der Waals surface area contributed by atoms with Gasteiger partial charge in [0, 0.05) is 19.5 Å².